The Hall–Kier alpha value is -2.74. The van der Waals surface area contributed by atoms with Gasteiger partial charge in [-0.1, -0.05) is 35.5 Å². The van der Waals surface area contributed by atoms with Crippen LogP contribution in [0.15, 0.2) is 53.1 Å². The number of hydrogen-bond donors (Lipinski definition) is 0. The lowest BCUT2D eigenvalue weighted by molar-refractivity contribution is -0.137. The normalized spacial score (nSPS) is 18.1. The first-order chi connectivity index (χ1) is 13.9. The number of alkyl halides is 3. The van der Waals surface area contributed by atoms with Gasteiger partial charge in [0.15, 0.2) is 0 Å². The highest BCUT2D eigenvalue weighted by molar-refractivity contribution is 5.53. The van der Waals surface area contributed by atoms with Crippen molar-refractivity contribution in [1.29, 1.82) is 0 Å². The second-order valence-corrected chi connectivity index (χ2v) is 7.24. The van der Waals surface area contributed by atoms with Crippen molar-refractivity contribution in [3.63, 3.8) is 0 Å². The lowest BCUT2D eigenvalue weighted by Gasteiger charge is -2.31. The predicted molar refractivity (Wildman–Crippen MR) is 98.4 cm³/mol. The second-order valence-electron chi connectivity index (χ2n) is 7.24. The molecule has 0 aliphatic carbocycles. The van der Waals surface area contributed by atoms with Gasteiger partial charge < -0.3 is 4.52 Å². The van der Waals surface area contributed by atoms with Gasteiger partial charge in [-0.05, 0) is 43.1 Å². The number of nitrogens with zero attached hydrogens (tertiary/aromatic N) is 3. The van der Waals surface area contributed by atoms with Gasteiger partial charge in [-0.3, -0.25) is 4.90 Å². The van der Waals surface area contributed by atoms with Crippen LogP contribution in [0.25, 0.3) is 11.4 Å². The zero-order valence-corrected chi connectivity index (χ0v) is 15.5. The van der Waals surface area contributed by atoms with Gasteiger partial charge in [0.25, 0.3) is 0 Å². The molecule has 1 saturated heterocycles. The summed E-state index contributed by atoms with van der Waals surface area (Å²) in [4.78, 5) is 6.51. The maximum atomic E-state index is 13.4. The molecule has 4 rings (SSSR count). The Morgan fingerprint density at radius 1 is 1.10 bits per heavy atom. The summed E-state index contributed by atoms with van der Waals surface area (Å²) in [6.07, 6.45) is -2.62. The molecule has 0 N–H and O–H groups in total. The van der Waals surface area contributed by atoms with Crippen molar-refractivity contribution in [2.45, 2.75) is 31.5 Å². The number of halogens is 4. The van der Waals surface area contributed by atoms with Crippen LogP contribution in [0.1, 0.15) is 35.8 Å². The van der Waals surface area contributed by atoms with E-state index in [1.807, 2.05) is 0 Å². The zero-order chi connectivity index (χ0) is 20.4. The Morgan fingerprint density at radius 2 is 1.93 bits per heavy atom. The van der Waals surface area contributed by atoms with Gasteiger partial charge in [0.1, 0.15) is 5.82 Å². The van der Waals surface area contributed by atoms with E-state index in [2.05, 4.69) is 15.0 Å². The molecule has 2 aromatic carbocycles. The molecule has 1 fully saturated rings. The van der Waals surface area contributed by atoms with Crippen LogP contribution in [-0.4, -0.2) is 28.1 Å². The number of benzene rings is 2. The molecule has 152 valence electrons. The van der Waals surface area contributed by atoms with E-state index in [-0.39, 0.29) is 11.7 Å². The first-order valence-electron chi connectivity index (χ1n) is 9.36. The van der Waals surface area contributed by atoms with Gasteiger partial charge in [-0.2, -0.15) is 18.2 Å². The van der Waals surface area contributed by atoms with E-state index < -0.39 is 11.7 Å². The van der Waals surface area contributed by atoms with Gasteiger partial charge in [-0.25, -0.2) is 4.39 Å². The summed E-state index contributed by atoms with van der Waals surface area (Å²) in [5.41, 5.74) is 0.517. The lowest BCUT2D eigenvalue weighted by Crippen LogP contribution is -2.34. The van der Waals surface area contributed by atoms with E-state index in [0.29, 0.717) is 35.9 Å². The fourth-order valence-electron chi connectivity index (χ4n) is 3.65. The first kappa shape index (κ1) is 19.6. The summed E-state index contributed by atoms with van der Waals surface area (Å²) in [5, 5.41) is 3.95. The van der Waals surface area contributed by atoms with Crippen LogP contribution >= 0.6 is 0 Å². The quantitative estimate of drug-likeness (QED) is 0.555. The molecule has 1 atom stereocenters. The highest BCUT2D eigenvalue weighted by Gasteiger charge is 2.31. The van der Waals surface area contributed by atoms with Crippen molar-refractivity contribution in [1.82, 2.24) is 15.0 Å². The third-order valence-corrected chi connectivity index (χ3v) is 5.04. The smallest absolute Gasteiger partial charge is 0.339 e. The van der Waals surface area contributed by atoms with Crippen LogP contribution in [-0.2, 0) is 12.7 Å². The van der Waals surface area contributed by atoms with Crippen molar-refractivity contribution >= 4 is 0 Å². The van der Waals surface area contributed by atoms with Crippen LogP contribution in [0.4, 0.5) is 17.6 Å². The van der Waals surface area contributed by atoms with Gasteiger partial charge >= 0.3 is 6.18 Å². The number of hydrogen-bond acceptors (Lipinski definition) is 4. The summed E-state index contributed by atoms with van der Waals surface area (Å²) in [7, 11) is 0. The van der Waals surface area contributed by atoms with E-state index in [9.17, 15) is 17.6 Å². The number of likely N-dealkylation sites (tertiary alicyclic amines) is 1. The third kappa shape index (κ3) is 4.64. The Morgan fingerprint density at radius 3 is 2.72 bits per heavy atom. The number of rotatable bonds is 4. The van der Waals surface area contributed by atoms with Crippen molar-refractivity contribution in [2.75, 3.05) is 13.1 Å². The molecule has 0 spiro atoms. The average molecular weight is 405 g/mol. The molecular weight excluding hydrogens is 386 g/mol. The molecule has 0 amide bonds. The summed E-state index contributed by atoms with van der Waals surface area (Å²) in [6, 6.07) is 11.4. The molecule has 0 saturated carbocycles. The van der Waals surface area contributed by atoms with E-state index in [4.69, 9.17) is 4.52 Å². The molecule has 0 bridgehead atoms. The number of aromatic nitrogens is 2. The summed E-state index contributed by atoms with van der Waals surface area (Å²) < 4.78 is 57.6. The summed E-state index contributed by atoms with van der Waals surface area (Å²) >= 11 is 0. The minimum Gasteiger partial charge on any atom is -0.339 e. The topological polar surface area (TPSA) is 42.2 Å². The van der Waals surface area contributed by atoms with Crippen LogP contribution in [0.3, 0.4) is 0 Å². The van der Waals surface area contributed by atoms with Crippen molar-refractivity contribution in [3.8, 4) is 11.4 Å². The molecule has 29 heavy (non-hydrogen) atoms. The molecule has 0 radical (unpaired) electrons. The van der Waals surface area contributed by atoms with Crippen molar-refractivity contribution in [3.05, 3.63) is 71.4 Å². The predicted octanol–water partition coefficient (Wildman–Crippen LogP) is 5.27. The Bertz CT molecular complexity index is 986. The van der Waals surface area contributed by atoms with Crippen molar-refractivity contribution < 1.29 is 22.1 Å². The molecule has 2 heterocycles. The summed E-state index contributed by atoms with van der Waals surface area (Å²) in [5.74, 6) is 0.413. The van der Waals surface area contributed by atoms with Crippen LogP contribution in [0.2, 0.25) is 0 Å². The van der Waals surface area contributed by atoms with Crippen LogP contribution in [0, 0.1) is 5.82 Å². The van der Waals surface area contributed by atoms with Gasteiger partial charge in [0, 0.05) is 18.7 Å². The summed E-state index contributed by atoms with van der Waals surface area (Å²) in [6.45, 7) is 1.82. The minimum absolute atomic E-state index is 0.00985. The highest BCUT2D eigenvalue weighted by atomic mass is 19.4. The lowest BCUT2D eigenvalue weighted by atomic mass is 9.97. The fraction of sp³-hybridized carbons (Fsp3) is 0.333. The monoisotopic (exact) mass is 405 g/mol. The fourth-order valence-corrected chi connectivity index (χ4v) is 3.65. The Labute approximate surface area is 165 Å². The molecule has 1 aromatic heterocycles. The maximum Gasteiger partial charge on any atom is 0.416 e. The molecule has 1 aliphatic heterocycles. The van der Waals surface area contributed by atoms with Gasteiger partial charge in [0.05, 0.1) is 11.5 Å². The van der Waals surface area contributed by atoms with E-state index >= 15 is 0 Å². The van der Waals surface area contributed by atoms with E-state index in [1.165, 1.54) is 24.3 Å². The molecule has 4 nitrogen and oxygen atoms in total. The van der Waals surface area contributed by atoms with E-state index in [1.54, 1.807) is 18.2 Å². The Balaban J connectivity index is 1.45. The standard InChI is InChI=1S/C21H19F4N3O/c22-18-8-2-5-15(11-18)19-26-20(29-27-19)16-6-3-9-28(13-16)12-14-4-1-7-17(10-14)21(23,24)25/h1-2,4-5,7-8,10-11,16H,3,6,9,12-13H2. The second kappa shape index (κ2) is 7.94. The number of piperidine rings is 1. The third-order valence-electron chi connectivity index (χ3n) is 5.04. The first-order valence-corrected chi connectivity index (χ1v) is 9.36. The Kier molecular flexibility index (Phi) is 5.36. The molecule has 3 aromatic rings. The van der Waals surface area contributed by atoms with Gasteiger partial charge in [0.2, 0.25) is 11.7 Å². The molecule has 1 aliphatic rings. The minimum atomic E-state index is -4.35. The van der Waals surface area contributed by atoms with Crippen molar-refractivity contribution in [2.24, 2.45) is 0 Å². The van der Waals surface area contributed by atoms with Crippen LogP contribution < -0.4 is 0 Å². The van der Waals surface area contributed by atoms with E-state index in [0.717, 1.165) is 25.5 Å². The molecular formula is C21H19F4N3O. The molecule has 1 unspecified atom stereocenters. The molecule has 8 heteroatoms. The van der Waals surface area contributed by atoms with Crippen LogP contribution in [0.5, 0.6) is 0 Å². The van der Waals surface area contributed by atoms with Gasteiger partial charge in [-0.15, -0.1) is 0 Å². The largest absolute Gasteiger partial charge is 0.416 e. The maximum absolute atomic E-state index is 13.4. The average Bonchev–Trinajstić information content (AvgIpc) is 3.18. The SMILES string of the molecule is Fc1cccc(-c2noc(C3CCCN(Cc4cccc(C(F)(F)F)c4)C3)n2)c1. The zero-order valence-electron chi connectivity index (χ0n) is 15.5. The highest BCUT2D eigenvalue weighted by Crippen LogP contribution is 2.31.